The number of hydrazine groups is 1. The van der Waals surface area contributed by atoms with E-state index in [0.717, 1.165) is 0 Å². The fraction of sp³-hybridized carbons (Fsp3) is 0.500. The van der Waals surface area contributed by atoms with Gasteiger partial charge in [0.2, 0.25) is 0 Å². The number of nitrogens with one attached hydrogen (secondary N) is 2. The number of rotatable bonds is 2. The molecule has 0 heterocycles. The van der Waals surface area contributed by atoms with Gasteiger partial charge in [-0.2, -0.15) is 0 Å². The molecule has 0 aliphatic rings. The summed E-state index contributed by atoms with van der Waals surface area (Å²) in [6.45, 7) is 0. The topological polar surface area (TPSA) is 106 Å². The molecule has 0 fully saturated rings. The highest BCUT2D eigenvalue weighted by Crippen LogP contribution is 1.65. The smallest absolute Gasteiger partial charge is 0.280 e. The molecule has 0 bridgehead atoms. The van der Waals surface area contributed by atoms with Crippen LogP contribution in [0.4, 0.5) is 0 Å². The Bertz CT molecular complexity index is 131. The van der Waals surface area contributed by atoms with E-state index in [0.29, 0.717) is 0 Å². The lowest BCUT2D eigenvalue weighted by atomic mass is 11.1. The minimum absolute atomic E-state index is 0.275. The summed E-state index contributed by atoms with van der Waals surface area (Å²) in [5.74, 6) is -0.275. The highest BCUT2D eigenvalue weighted by molar-refractivity contribution is 5.76. The number of guanidine groups is 1. The zero-order valence-electron chi connectivity index (χ0n) is 4.79. The predicted octanol–water partition coefficient (Wildman–Crippen LogP) is -1.78. The fourth-order valence-electron chi connectivity index (χ4n) is 0.241. The van der Waals surface area contributed by atoms with Gasteiger partial charge in [-0.3, -0.25) is 5.43 Å². The van der Waals surface area contributed by atoms with Gasteiger partial charge in [-0.1, -0.05) is 0 Å². The lowest BCUT2D eigenvalue weighted by Gasteiger charge is -1.95. The standard InChI is InChI=1S/C2H7N5O2/c1-4-5-2(3)6-7(8)9/h4H,1H3,(H3,3,5,6). The van der Waals surface area contributed by atoms with Crippen LogP contribution < -0.4 is 16.6 Å². The molecule has 0 saturated carbocycles. The van der Waals surface area contributed by atoms with Crippen molar-refractivity contribution in [3.8, 4) is 0 Å². The van der Waals surface area contributed by atoms with E-state index in [9.17, 15) is 10.1 Å². The molecule has 0 amide bonds. The van der Waals surface area contributed by atoms with Crippen molar-refractivity contribution >= 4 is 5.96 Å². The maximum atomic E-state index is 9.55. The third kappa shape index (κ3) is 4.48. The van der Waals surface area contributed by atoms with Crippen molar-refractivity contribution < 1.29 is 5.03 Å². The van der Waals surface area contributed by atoms with Crippen LogP contribution in [0.3, 0.4) is 0 Å². The van der Waals surface area contributed by atoms with Crippen molar-refractivity contribution in [2.75, 3.05) is 7.05 Å². The molecule has 0 rings (SSSR count). The second kappa shape index (κ2) is 3.61. The second-order valence-electron chi connectivity index (χ2n) is 1.10. The Morgan fingerprint density at radius 1 is 1.89 bits per heavy atom. The molecule has 0 spiro atoms. The van der Waals surface area contributed by atoms with Crippen molar-refractivity contribution in [3.63, 3.8) is 0 Å². The number of nitrogens with zero attached hydrogens (tertiary/aromatic N) is 2. The summed E-state index contributed by atoms with van der Waals surface area (Å²) < 4.78 is 0. The van der Waals surface area contributed by atoms with Crippen LogP contribution in [0.2, 0.25) is 0 Å². The molecule has 0 aromatic heterocycles. The lowest BCUT2D eigenvalue weighted by Crippen LogP contribution is -2.40. The molecule has 0 atom stereocenters. The highest BCUT2D eigenvalue weighted by Gasteiger charge is 1.93. The van der Waals surface area contributed by atoms with Crippen LogP contribution in [0, 0.1) is 10.1 Å². The van der Waals surface area contributed by atoms with Gasteiger partial charge in [-0.05, 0) is 0 Å². The first-order valence-electron chi connectivity index (χ1n) is 2.08. The average molecular weight is 133 g/mol. The van der Waals surface area contributed by atoms with Gasteiger partial charge in [0.15, 0.2) is 5.03 Å². The number of hydrogen-bond acceptors (Lipinski definition) is 3. The highest BCUT2D eigenvalue weighted by atomic mass is 16.7. The van der Waals surface area contributed by atoms with E-state index in [1.165, 1.54) is 7.05 Å². The molecule has 0 radical (unpaired) electrons. The van der Waals surface area contributed by atoms with E-state index in [1.54, 1.807) is 0 Å². The Morgan fingerprint density at radius 3 is 2.78 bits per heavy atom. The Hall–Kier alpha value is -1.37. The molecule has 0 aromatic carbocycles. The van der Waals surface area contributed by atoms with E-state index >= 15 is 0 Å². The van der Waals surface area contributed by atoms with Crippen LogP contribution in [0.1, 0.15) is 0 Å². The third-order valence-electron chi connectivity index (χ3n) is 0.442. The first-order valence-corrected chi connectivity index (χ1v) is 2.08. The van der Waals surface area contributed by atoms with E-state index in [2.05, 4.69) is 16.0 Å². The van der Waals surface area contributed by atoms with E-state index in [4.69, 9.17) is 5.73 Å². The van der Waals surface area contributed by atoms with Crippen LogP contribution in [-0.2, 0) is 0 Å². The van der Waals surface area contributed by atoms with Gasteiger partial charge >= 0.3 is 0 Å². The molecule has 0 aliphatic heterocycles. The SMILES string of the molecule is CNN/C(N)=N/[N+](=O)[O-]. The molecule has 52 valence electrons. The van der Waals surface area contributed by atoms with E-state index in [1.807, 2.05) is 0 Å². The molecule has 0 aliphatic carbocycles. The maximum absolute atomic E-state index is 9.55. The van der Waals surface area contributed by atoms with Gasteiger partial charge < -0.3 is 5.73 Å². The summed E-state index contributed by atoms with van der Waals surface area (Å²) in [4.78, 5) is 9.55. The van der Waals surface area contributed by atoms with Crippen LogP contribution in [-0.4, -0.2) is 18.0 Å². The summed E-state index contributed by atoms with van der Waals surface area (Å²) in [6, 6.07) is 0. The van der Waals surface area contributed by atoms with Crippen LogP contribution in [0.15, 0.2) is 5.10 Å². The quantitative estimate of drug-likeness (QED) is 0.179. The molecule has 0 unspecified atom stereocenters. The predicted molar refractivity (Wildman–Crippen MR) is 30.8 cm³/mol. The van der Waals surface area contributed by atoms with Gasteiger partial charge in [0, 0.05) is 7.05 Å². The van der Waals surface area contributed by atoms with Crippen molar-refractivity contribution in [3.05, 3.63) is 10.1 Å². The van der Waals surface area contributed by atoms with Gasteiger partial charge in [-0.15, -0.1) is 0 Å². The van der Waals surface area contributed by atoms with Gasteiger partial charge in [0.05, 0.1) is 0 Å². The van der Waals surface area contributed by atoms with Crippen LogP contribution >= 0.6 is 0 Å². The molecular formula is C2H7N5O2. The molecule has 7 heteroatoms. The van der Waals surface area contributed by atoms with Gasteiger partial charge in [-0.25, -0.2) is 15.5 Å². The Balaban J connectivity index is 3.69. The zero-order chi connectivity index (χ0) is 7.28. The monoisotopic (exact) mass is 133 g/mol. The van der Waals surface area contributed by atoms with E-state index < -0.39 is 5.03 Å². The third-order valence-corrected chi connectivity index (χ3v) is 0.442. The molecular weight excluding hydrogens is 126 g/mol. The second-order valence-corrected chi connectivity index (χ2v) is 1.10. The van der Waals surface area contributed by atoms with Crippen molar-refractivity contribution in [1.29, 1.82) is 0 Å². The van der Waals surface area contributed by atoms with Crippen molar-refractivity contribution in [2.45, 2.75) is 0 Å². The first kappa shape index (κ1) is 7.63. The summed E-state index contributed by atoms with van der Waals surface area (Å²) in [5.41, 5.74) is 9.50. The molecule has 0 saturated heterocycles. The molecule has 4 N–H and O–H groups in total. The van der Waals surface area contributed by atoms with Crippen molar-refractivity contribution in [1.82, 2.24) is 10.9 Å². The van der Waals surface area contributed by atoms with Gasteiger partial charge in [0.1, 0.15) is 5.10 Å². The molecule has 9 heavy (non-hydrogen) atoms. The largest absolute Gasteiger partial charge is 0.364 e. The first-order chi connectivity index (χ1) is 4.16. The number of hydrogen-bond donors (Lipinski definition) is 3. The summed E-state index contributed by atoms with van der Waals surface area (Å²) in [5, 5.41) is 11.4. The number of nitro groups is 1. The minimum atomic E-state index is -0.889. The number of nitrogens with two attached hydrogens (primary N) is 1. The Kier molecular flexibility index (Phi) is 3.06. The summed E-state index contributed by atoms with van der Waals surface area (Å²) in [6.07, 6.45) is 0. The fourth-order valence-corrected chi connectivity index (χ4v) is 0.241. The van der Waals surface area contributed by atoms with Crippen molar-refractivity contribution in [2.24, 2.45) is 10.8 Å². The minimum Gasteiger partial charge on any atom is -0.364 e. The Morgan fingerprint density at radius 2 is 2.44 bits per heavy atom. The van der Waals surface area contributed by atoms with E-state index in [-0.39, 0.29) is 5.96 Å². The summed E-state index contributed by atoms with van der Waals surface area (Å²) in [7, 11) is 1.52. The lowest BCUT2D eigenvalue weighted by molar-refractivity contribution is -0.485. The van der Waals surface area contributed by atoms with Crippen LogP contribution in [0.5, 0.6) is 0 Å². The van der Waals surface area contributed by atoms with Gasteiger partial charge in [0.25, 0.3) is 5.96 Å². The summed E-state index contributed by atoms with van der Waals surface area (Å²) >= 11 is 0. The average Bonchev–Trinajstić information content (AvgIpc) is 1.63. The maximum Gasteiger partial charge on any atom is 0.280 e. The normalized spacial score (nSPS) is 11.0. The molecule has 0 aromatic rings. The van der Waals surface area contributed by atoms with Crippen LogP contribution in [0.25, 0.3) is 0 Å². The zero-order valence-corrected chi connectivity index (χ0v) is 4.79. The molecule has 7 nitrogen and oxygen atoms in total. The number of hydrazone groups is 1. The Labute approximate surface area is 51.0 Å².